The Morgan fingerprint density at radius 1 is 1.29 bits per heavy atom. The predicted octanol–water partition coefficient (Wildman–Crippen LogP) is 3.80. The molecule has 24 heavy (non-hydrogen) atoms. The maximum Gasteiger partial charge on any atom is 0.246 e. The van der Waals surface area contributed by atoms with Crippen LogP contribution in [0.25, 0.3) is 10.6 Å². The van der Waals surface area contributed by atoms with E-state index in [4.69, 9.17) is 9.26 Å². The van der Waals surface area contributed by atoms with Gasteiger partial charge in [0.15, 0.2) is 5.76 Å². The van der Waals surface area contributed by atoms with E-state index in [-0.39, 0.29) is 25.2 Å². The SMILES string of the molecule is C[C@@H](NC(=O)COCc1cc(-c2cccs2)on1)c1ccccc1. The van der Waals surface area contributed by atoms with Gasteiger partial charge in [-0.2, -0.15) is 0 Å². The van der Waals surface area contributed by atoms with E-state index < -0.39 is 0 Å². The van der Waals surface area contributed by atoms with Crippen molar-refractivity contribution in [3.8, 4) is 10.6 Å². The summed E-state index contributed by atoms with van der Waals surface area (Å²) >= 11 is 1.58. The minimum Gasteiger partial charge on any atom is -0.365 e. The Kier molecular flexibility index (Phi) is 5.40. The molecule has 0 saturated carbocycles. The van der Waals surface area contributed by atoms with Gasteiger partial charge in [-0.1, -0.05) is 41.6 Å². The van der Waals surface area contributed by atoms with E-state index in [9.17, 15) is 4.79 Å². The molecule has 0 spiro atoms. The molecule has 0 bridgehead atoms. The van der Waals surface area contributed by atoms with Crippen molar-refractivity contribution < 1.29 is 14.1 Å². The molecular formula is C18H18N2O3S. The smallest absolute Gasteiger partial charge is 0.246 e. The van der Waals surface area contributed by atoms with Gasteiger partial charge < -0.3 is 14.6 Å². The Hall–Kier alpha value is -2.44. The van der Waals surface area contributed by atoms with Gasteiger partial charge in [0.2, 0.25) is 5.91 Å². The van der Waals surface area contributed by atoms with Crippen LogP contribution in [0.5, 0.6) is 0 Å². The molecule has 0 aliphatic heterocycles. The second kappa shape index (κ2) is 7.90. The summed E-state index contributed by atoms with van der Waals surface area (Å²) in [6, 6.07) is 15.5. The van der Waals surface area contributed by atoms with Crippen molar-refractivity contribution in [3.05, 3.63) is 65.2 Å². The highest BCUT2D eigenvalue weighted by atomic mass is 32.1. The molecule has 3 rings (SSSR count). The average molecular weight is 342 g/mol. The number of benzene rings is 1. The zero-order valence-electron chi connectivity index (χ0n) is 13.3. The van der Waals surface area contributed by atoms with Gasteiger partial charge in [0.05, 0.1) is 17.5 Å². The number of thiophene rings is 1. The van der Waals surface area contributed by atoms with Crippen LogP contribution in [-0.4, -0.2) is 17.7 Å². The van der Waals surface area contributed by atoms with Crippen LogP contribution in [0.1, 0.15) is 24.2 Å². The van der Waals surface area contributed by atoms with Gasteiger partial charge in [0.25, 0.3) is 0 Å². The van der Waals surface area contributed by atoms with E-state index in [2.05, 4.69) is 10.5 Å². The lowest BCUT2D eigenvalue weighted by Gasteiger charge is -2.14. The van der Waals surface area contributed by atoms with Gasteiger partial charge >= 0.3 is 0 Å². The fourth-order valence-corrected chi connectivity index (χ4v) is 2.94. The molecule has 2 heterocycles. The first-order valence-electron chi connectivity index (χ1n) is 7.64. The Morgan fingerprint density at radius 3 is 2.88 bits per heavy atom. The summed E-state index contributed by atoms with van der Waals surface area (Å²) in [7, 11) is 0. The third-order valence-corrected chi connectivity index (χ3v) is 4.37. The maximum absolute atomic E-state index is 11.9. The van der Waals surface area contributed by atoms with E-state index >= 15 is 0 Å². The number of hydrogen-bond donors (Lipinski definition) is 1. The van der Waals surface area contributed by atoms with Gasteiger partial charge in [-0.25, -0.2) is 0 Å². The molecule has 0 saturated heterocycles. The van der Waals surface area contributed by atoms with Crippen LogP contribution in [0, 0.1) is 0 Å². The Balaban J connectivity index is 1.44. The van der Waals surface area contributed by atoms with Crippen LogP contribution >= 0.6 is 11.3 Å². The molecule has 1 aromatic carbocycles. The first kappa shape index (κ1) is 16.4. The second-order valence-electron chi connectivity index (χ2n) is 5.35. The Bertz CT molecular complexity index is 769. The van der Waals surface area contributed by atoms with Crippen LogP contribution < -0.4 is 5.32 Å². The monoisotopic (exact) mass is 342 g/mol. The normalized spacial score (nSPS) is 12.0. The Morgan fingerprint density at radius 2 is 2.12 bits per heavy atom. The zero-order chi connectivity index (χ0) is 16.8. The summed E-state index contributed by atoms with van der Waals surface area (Å²) in [4.78, 5) is 12.9. The molecule has 0 unspecified atom stereocenters. The summed E-state index contributed by atoms with van der Waals surface area (Å²) < 4.78 is 10.7. The molecule has 0 aliphatic rings. The van der Waals surface area contributed by atoms with E-state index in [0.717, 1.165) is 10.4 Å². The zero-order valence-corrected chi connectivity index (χ0v) is 14.1. The van der Waals surface area contributed by atoms with Crippen molar-refractivity contribution in [2.45, 2.75) is 19.6 Å². The number of carbonyl (C=O) groups is 1. The number of ether oxygens (including phenoxy) is 1. The number of nitrogens with one attached hydrogen (secondary N) is 1. The number of carbonyl (C=O) groups excluding carboxylic acids is 1. The number of amides is 1. The summed E-state index contributed by atoms with van der Waals surface area (Å²) in [6.45, 7) is 2.17. The summed E-state index contributed by atoms with van der Waals surface area (Å²) in [6.07, 6.45) is 0. The highest BCUT2D eigenvalue weighted by Crippen LogP contribution is 2.25. The fourth-order valence-electron chi connectivity index (χ4n) is 2.27. The topological polar surface area (TPSA) is 64.4 Å². The third kappa shape index (κ3) is 4.31. The quantitative estimate of drug-likeness (QED) is 0.709. The van der Waals surface area contributed by atoms with Crippen molar-refractivity contribution >= 4 is 17.2 Å². The number of nitrogens with zero attached hydrogens (tertiary/aromatic N) is 1. The molecule has 0 radical (unpaired) electrons. The largest absolute Gasteiger partial charge is 0.365 e. The number of rotatable bonds is 7. The van der Waals surface area contributed by atoms with Crippen molar-refractivity contribution in [3.63, 3.8) is 0 Å². The van der Waals surface area contributed by atoms with Crippen LogP contribution in [0.2, 0.25) is 0 Å². The van der Waals surface area contributed by atoms with Crippen molar-refractivity contribution in [1.82, 2.24) is 10.5 Å². The summed E-state index contributed by atoms with van der Waals surface area (Å²) in [5.74, 6) is 0.555. The highest BCUT2D eigenvalue weighted by Gasteiger charge is 2.11. The molecule has 5 nitrogen and oxygen atoms in total. The van der Waals surface area contributed by atoms with Crippen LogP contribution in [0.4, 0.5) is 0 Å². The standard InChI is InChI=1S/C18H18N2O3S/c1-13(14-6-3-2-4-7-14)19-18(21)12-22-11-15-10-16(23-20-15)17-8-5-9-24-17/h2-10,13H,11-12H2,1H3,(H,19,21)/t13-/m1/s1. The lowest BCUT2D eigenvalue weighted by Crippen LogP contribution is -2.30. The van der Waals surface area contributed by atoms with Gasteiger partial charge in [-0.15, -0.1) is 11.3 Å². The van der Waals surface area contributed by atoms with E-state index in [1.807, 2.05) is 60.8 Å². The number of hydrogen-bond acceptors (Lipinski definition) is 5. The van der Waals surface area contributed by atoms with Crippen molar-refractivity contribution in [2.75, 3.05) is 6.61 Å². The minimum absolute atomic E-state index is 0.0155. The highest BCUT2D eigenvalue weighted by molar-refractivity contribution is 7.13. The molecule has 1 amide bonds. The average Bonchev–Trinajstić information content (AvgIpc) is 3.27. The maximum atomic E-state index is 11.9. The molecule has 3 aromatic rings. The molecule has 1 N–H and O–H groups in total. The van der Waals surface area contributed by atoms with Crippen molar-refractivity contribution in [2.24, 2.45) is 0 Å². The van der Waals surface area contributed by atoms with Gasteiger partial charge in [0.1, 0.15) is 12.3 Å². The Labute approximate surface area is 144 Å². The lowest BCUT2D eigenvalue weighted by atomic mass is 10.1. The molecule has 0 aliphatic carbocycles. The third-order valence-electron chi connectivity index (χ3n) is 3.48. The summed E-state index contributed by atoms with van der Waals surface area (Å²) in [5.41, 5.74) is 1.73. The molecular weight excluding hydrogens is 324 g/mol. The van der Waals surface area contributed by atoms with Crippen LogP contribution in [0.15, 0.2) is 58.4 Å². The summed E-state index contributed by atoms with van der Waals surface area (Å²) in [5, 5.41) is 8.83. The molecule has 1 atom stereocenters. The van der Waals surface area contributed by atoms with Crippen molar-refractivity contribution in [1.29, 1.82) is 0 Å². The van der Waals surface area contributed by atoms with Crippen LogP contribution in [0.3, 0.4) is 0 Å². The lowest BCUT2D eigenvalue weighted by molar-refractivity contribution is -0.126. The minimum atomic E-state index is -0.159. The number of aromatic nitrogens is 1. The second-order valence-corrected chi connectivity index (χ2v) is 6.30. The van der Waals surface area contributed by atoms with E-state index in [1.165, 1.54) is 0 Å². The predicted molar refractivity (Wildman–Crippen MR) is 92.5 cm³/mol. The van der Waals surface area contributed by atoms with Gasteiger partial charge in [-0.05, 0) is 23.9 Å². The van der Waals surface area contributed by atoms with E-state index in [1.54, 1.807) is 11.3 Å². The first-order chi connectivity index (χ1) is 11.7. The first-order valence-corrected chi connectivity index (χ1v) is 8.52. The van der Waals surface area contributed by atoms with Crippen LogP contribution in [-0.2, 0) is 16.1 Å². The van der Waals surface area contributed by atoms with Gasteiger partial charge in [-0.3, -0.25) is 4.79 Å². The molecule has 2 aromatic heterocycles. The van der Waals surface area contributed by atoms with Gasteiger partial charge in [0, 0.05) is 6.07 Å². The van der Waals surface area contributed by atoms with E-state index in [0.29, 0.717) is 11.5 Å². The molecule has 124 valence electrons. The fraction of sp³-hybridized carbons (Fsp3) is 0.222. The molecule has 6 heteroatoms. The molecule has 0 fully saturated rings.